The third-order valence-electron chi connectivity index (χ3n) is 3.22. The van der Waals surface area contributed by atoms with Crippen molar-refractivity contribution in [3.63, 3.8) is 0 Å². The van der Waals surface area contributed by atoms with Crippen LogP contribution in [0.5, 0.6) is 0 Å². The zero-order valence-corrected chi connectivity index (χ0v) is 12.7. The zero-order valence-electron chi connectivity index (χ0n) is 12.7. The van der Waals surface area contributed by atoms with Crippen molar-refractivity contribution in [1.82, 2.24) is 10.3 Å². The van der Waals surface area contributed by atoms with E-state index in [2.05, 4.69) is 15.6 Å². The van der Waals surface area contributed by atoms with Crippen LogP contribution in [0.15, 0.2) is 48.8 Å². The van der Waals surface area contributed by atoms with Crippen LogP contribution in [0.25, 0.3) is 0 Å². The number of anilines is 1. The standard InChI is InChI=1S/C17H19N3O2/c1-12(15-7-9-18-10-8-15)19-17(22)11-14-3-5-16(6-4-14)20-13(2)21/h3-10,12H,11H2,1-2H3,(H,19,22)(H,20,21). The Balaban J connectivity index is 1.90. The van der Waals surface area contributed by atoms with Gasteiger partial charge in [0.15, 0.2) is 0 Å². The minimum atomic E-state index is -0.114. The van der Waals surface area contributed by atoms with Gasteiger partial charge in [-0.2, -0.15) is 0 Å². The second-order valence-electron chi connectivity index (χ2n) is 5.12. The van der Waals surface area contributed by atoms with Crippen molar-refractivity contribution < 1.29 is 9.59 Å². The summed E-state index contributed by atoms with van der Waals surface area (Å²) in [6.45, 7) is 3.40. The first-order valence-electron chi connectivity index (χ1n) is 7.10. The first-order valence-corrected chi connectivity index (χ1v) is 7.10. The SMILES string of the molecule is CC(=O)Nc1ccc(CC(=O)NC(C)c2ccncc2)cc1. The van der Waals surface area contributed by atoms with Crippen molar-refractivity contribution in [2.45, 2.75) is 26.3 Å². The molecule has 2 N–H and O–H groups in total. The summed E-state index contributed by atoms with van der Waals surface area (Å²) in [6.07, 6.45) is 3.72. The number of aromatic nitrogens is 1. The monoisotopic (exact) mass is 297 g/mol. The van der Waals surface area contributed by atoms with E-state index in [1.165, 1.54) is 6.92 Å². The lowest BCUT2D eigenvalue weighted by molar-refractivity contribution is -0.121. The van der Waals surface area contributed by atoms with Crippen LogP contribution in [0.3, 0.4) is 0 Å². The highest BCUT2D eigenvalue weighted by Crippen LogP contribution is 2.12. The van der Waals surface area contributed by atoms with E-state index in [0.717, 1.165) is 16.8 Å². The maximum atomic E-state index is 12.1. The molecule has 2 rings (SSSR count). The molecule has 0 bridgehead atoms. The molecule has 114 valence electrons. The Kier molecular flexibility index (Phi) is 5.25. The minimum Gasteiger partial charge on any atom is -0.349 e. The maximum Gasteiger partial charge on any atom is 0.224 e. The molecule has 0 radical (unpaired) electrons. The summed E-state index contributed by atoms with van der Waals surface area (Å²) in [5.41, 5.74) is 2.64. The number of nitrogens with zero attached hydrogens (tertiary/aromatic N) is 1. The number of carbonyl (C=O) groups excluding carboxylic acids is 2. The van der Waals surface area contributed by atoms with Crippen LogP contribution in [-0.4, -0.2) is 16.8 Å². The quantitative estimate of drug-likeness (QED) is 0.890. The second-order valence-corrected chi connectivity index (χ2v) is 5.12. The number of amides is 2. The molecule has 0 spiro atoms. The van der Waals surface area contributed by atoms with E-state index in [1.807, 2.05) is 31.2 Å². The van der Waals surface area contributed by atoms with Gasteiger partial charge in [0.25, 0.3) is 0 Å². The number of carbonyl (C=O) groups is 2. The van der Waals surface area contributed by atoms with E-state index >= 15 is 0 Å². The Morgan fingerprint density at radius 1 is 1.09 bits per heavy atom. The van der Waals surface area contributed by atoms with Crippen LogP contribution in [0.4, 0.5) is 5.69 Å². The first kappa shape index (κ1) is 15.7. The van der Waals surface area contributed by atoms with E-state index < -0.39 is 0 Å². The van der Waals surface area contributed by atoms with Gasteiger partial charge in [0, 0.05) is 25.0 Å². The molecule has 0 aliphatic carbocycles. The number of benzene rings is 1. The van der Waals surface area contributed by atoms with Crippen molar-refractivity contribution in [2.75, 3.05) is 5.32 Å². The average Bonchev–Trinajstić information content (AvgIpc) is 2.49. The van der Waals surface area contributed by atoms with Crippen LogP contribution in [0, 0.1) is 0 Å². The highest BCUT2D eigenvalue weighted by Gasteiger charge is 2.10. The minimum absolute atomic E-state index is 0.0448. The van der Waals surface area contributed by atoms with Crippen molar-refractivity contribution in [3.8, 4) is 0 Å². The topological polar surface area (TPSA) is 71.1 Å². The predicted molar refractivity (Wildman–Crippen MR) is 85.2 cm³/mol. The predicted octanol–water partition coefficient (Wildman–Crippen LogP) is 2.46. The molecule has 1 heterocycles. The van der Waals surface area contributed by atoms with Crippen LogP contribution in [0.2, 0.25) is 0 Å². The van der Waals surface area contributed by atoms with Gasteiger partial charge in [0.2, 0.25) is 11.8 Å². The van der Waals surface area contributed by atoms with E-state index in [9.17, 15) is 9.59 Å². The van der Waals surface area contributed by atoms with Gasteiger partial charge in [-0.1, -0.05) is 12.1 Å². The van der Waals surface area contributed by atoms with Gasteiger partial charge in [-0.15, -0.1) is 0 Å². The summed E-state index contributed by atoms with van der Waals surface area (Å²) in [5.74, 6) is -0.159. The first-order chi connectivity index (χ1) is 10.5. The van der Waals surface area contributed by atoms with Gasteiger partial charge in [0.1, 0.15) is 0 Å². The molecule has 1 atom stereocenters. The molecule has 0 aliphatic heterocycles. The molecular formula is C17H19N3O2. The normalized spacial score (nSPS) is 11.5. The third-order valence-corrected chi connectivity index (χ3v) is 3.22. The van der Waals surface area contributed by atoms with Crippen molar-refractivity contribution in [1.29, 1.82) is 0 Å². The molecule has 5 nitrogen and oxygen atoms in total. The molecule has 0 fully saturated rings. The lowest BCUT2D eigenvalue weighted by Gasteiger charge is -2.14. The summed E-state index contributed by atoms with van der Waals surface area (Å²) < 4.78 is 0. The van der Waals surface area contributed by atoms with Gasteiger partial charge >= 0.3 is 0 Å². The van der Waals surface area contributed by atoms with Crippen molar-refractivity contribution in [2.24, 2.45) is 0 Å². The molecule has 0 saturated carbocycles. The van der Waals surface area contributed by atoms with Crippen LogP contribution < -0.4 is 10.6 Å². The third kappa shape index (κ3) is 4.70. The summed E-state index contributed by atoms with van der Waals surface area (Å²) >= 11 is 0. The van der Waals surface area contributed by atoms with E-state index in [0.29, 0.717) is 6.42 Å². The molecule has 2 aromatic rings. The van der Waals surface area contributed by atoms with Gasteiger partial charge in [-0.05, 0) is 42.3 Å². The van der Waals surface area contributed by atoms with Crippen LogP contribution in [0.1, 0.15) is 31.0 Å². The average molecular weight is 297 g/mol. The highest BCUT2D eigenvalue weighted by molar-refractivity contribution is 5.88. The Bertz CT molecular complexity index is 639. The van der Waals surface area contributed by atoms with Crippen molar-refractivity contribution in [3.05, 3.63) is 59.9 Å². The van der Waals surface area contributed by atoms with E-state index in [-0.39, 0.29) is 17.9 Å². The van der Waals surface area contributed by atoms with Gasteiger partial charge in [0.05, 0.1) is 12.5 Å². The Morgan fingerprint density at radius 2 is 1.73 bits per heavy atom. The smallest absolute Gasteiger partial charge is 0.224 e. The molecule has 1 unspecified atom stereocenters. The fraction of sp³-hybridized carbons (Fsp3) is 0.235. The Morgan fingerprint density at radius 3 is 2.32 bits per heavy atom. The molecule has 5 heteroatoms. The molecule has 2 amide bonds. The molecule has 1 aromatic heterocycles. The lowest BCUT2D eigenvalue weighted by atomic mass is 10.1. The van der Waals surface area contributed by atoms with E-state index in [4.69, 9.17) is 0 Å². The Hall–Kier alpha value is -2.69. The number of hydrogen-bond acceptors (Lipinski definition) is 3. The number of pyridine rings is 1. The molecule has 0 aliphatic rings. The van der Waals surface area contributed by atoms with Gasteiger partial charge in [-0.3, -0.25) is 14.6 Å². The summed E-state index contributed by atoms with van der Waals surface area (Å²) in [5, 5.41) is 5.65. The summed E-state index contributed by atoms with van der Waals surface area (Å²) in [6, 6.07) is 10.9. The number of nitrogens with one attached hydrogen (secondary N) is 2. The van der Waals surface area contributed by atoms with Crippen molar-refractivity contribution >= 4 is 17.5 Å². The summed E-state index contributed by atoms with van der Waals surface area (Å²) in [4.78, 5) is 27.0. The lowest BCUT2D eigenvalue weighted by Crippen LogP contribution is -2.28. The van der Waals surface area contributed by atoms with Crippen LogP contribution >= 0.6 is 0 Å². The fourth-order valence-corrected chi connectivity index (χ4v) is 2.12. The number of hydrogen-bond donors (Lipinski definition) is 2. The highest BCUT2D eigenvalue weighted by atomic mass is 16.2. The molecular weight excluding hydrogens is 278 g/mol. The Labute approximate surface area is 129 Å². The van der Waals surface area contributed by atoms with Gasteiger partial charge < -0.3 is 10.6 Å². The molecule has 0 saturated heterocycles. The van der Waals surface area contributed by atoms with E-state index in [1.54, 1.807) is 24.5 Å². The van der Waals surface area contributed by atoms with Crippen LogP contribution in [-0.2, 0) is 16.0 Å². The molecule has 22 heavy (non-hydrogen) atoms. The molecule has 1 aromatic carbocycles. The fourth-order valence-electron chi connectivity index (χ4n) is 2.12. The van der Waals surface area contributed by atoms with Gasteiger partial charge in [-0.25, -0.2) is 0 Å². The second kappa shape index (κ2) is 7.36. The number of rotatable bonds is 5. The largest absolute Gasteiger partial charge is 0.349 e. The zero-order chi connectivity index (χ0) is 15.9. The summed E-state index contributed by atoms with van der Waals surface area (Å²) in [7, 11) is 0. The maximum absolute atomic E-state index is 12.1.